The van der Waals surface area contributed by atoms with Crippen LogP contribution in [0.4, 0.5) is 0 Å². The van der Waals surface area contributed by atoms with E-state index in [1.807, 2.05) is 0 Å². The molecule has 1 aromatic rings. The Morgan fingerprint density at radius 2 is 1.63 bits per heavy atom. The number of phosphoric acid groups is 1. The van der Waals surface area contributed by atoms with Gasteiger partial charge in [-0.3, -0.25) is 0 Å². The van der Waals surface area contributed by atoms with Gasteiger partial charge in [0.1, 0.15) is 11.8 Å². The molecule has 19 heavy (non-hydrogen) atoms. The molecule has 0 aromatic heterocycles. The molecular formula is C10H10NO7P. The number of carboxylic acids is 1. The summed E-state index contributed by atoms with van der Waals surface area (Å²) in [5, 5.41) is 26.1. The molecule has 0 aliphatic heterocycles. The molecule has 9 heteroatoms. The van der Waals surface area contributed by atoms with E-state index in [1.165, 1.54) is 24.3 Å². The van der Waals surface area contributed by atoms with Gasteiger partial charge in [0.05, 0.1) is 5.57 Å². The summed E-state index contributed by atoms with van der Waals surface area (Å²) in [4.78, 5) is 31.9. The molecule has 0 saturated carbocycles. The number of carboxylic acid groups (broad SMARTS) is 1. The summed E-state index contributed by atoms with van der Waals surface area (Å²) >= 11 is 0. The van der Waals surface area contributed by atoms with Gasteiger partial charge in [-0.05, 0) is 29.8 Å². The largest absolute Gasteiger partial charge is 0.508 e. The lowest BCUT2D eigenvalue weighted by atomic mass is 10.1. The van der Waals surface area contributed by atoms with Crippen LogP contribution in [-0.2, 0) is 9.36 Å². The molecule has 0 radical (unpaired) electrons. The van der Waals surface area contributed by atoms with E-state index in [0.717, 1.165) is 6.08 Å². The molecule has 0 aliphatic carbocycles. The quantitative estimate of drug-likeness (QED) is 0.298. The third kappa shape index (κ3) is 9.52. The zero-order valence-electron chi connectivity index (χ0n) is 9.33. The predicted octanol–water partition coefficient (Wildman–Crippen LogP) is 0.455. The SMILES string of the molecule is N#CC(=CC(=O)O)c1ccc(O)cc1.O=P(O)(O)O. The summed E-state index contributed by atoms with van der Waals surface area (Å²) in [7, 11) is -4.64. The number of aromatic hydroxyl groups is 1. The lowest BCUT2D eigenvalue weighted by molar-refractivity contribution is -0.131. The van der Waals surface area contributed by atoms with Gasteiger partial charge < -0.3 is 24.9 Å². The van der Waals surface area contributed by atoms with Crippen molar-refractivity contribution in [3.05, 3.63) is 35.9 Å². The van der Waals surface area contributed by atoms with Gasteiger partial charge in [-0.15, -0.1) is 0 Å². The van der Waals surface area contributed by atoms with Crippen molar-refractivity contribution < 1.29 is 34.3 Å². The maximum atomic E-state index is 10.3. The fraction of sp³-hybridized carbons (Fsp3) is 0. The van der Waals surface area contributed by atoms with Crippen LogP contribution in [-0.4, -0.2) is 30.9 Å². The normalized spacial score (nSPS) is 10.9. The number of phenols is 1. The van der Waals surface area contributed by atoms with Crippen LogP contribution in [0.1, 0.15) is 5.56 Å². The molecule has 0 unspecified atom stereocenters. The Balaban J connectivity index is 0.000000555. The zero-order valence-corrected chi connectivity index (χ0v) is 10.2. The molecule has 5 N–H and O–H groups in total. The highest BCUT2D eigenvalue weighted by molar-refractivity contribution is 7.45. The molecule has 102 valence electrons. The Hall–Kier alpha value is -2.17. The van der Waals surface area contributed by atoms with Crippen molar-refractivity contribution in [2.45, 2.75) is 0 Å². The second-order valence-electron chi connectivity index (χ2n) is 3.07. The predicted molar refractivity (Wildman–Crippen MR) is 63.6 cm³/mol. The lowest BCUT2D eigenvalue weighted by Gasteiger charge is -1.97. The summed E-state index contributed by atoms with van der Waals surface area (Å²) in [6, 6.07) is 7.51. The highest BCUT2D eigenvalue weighted by Crippen LogP contribution is 2.25. The number of hydrogen-bond acceptors (Lipinski definition) is 4. The van der Waals surface area contributed by atoms with Crippen LogP contribution in [0.3, 0.4) is 0 Å². The number of nitrogens with zero attached hydrogens (tertiary/aromatic N) is 1. The van der Waals surface area contributed by atoms with Crippen molar-refractivity contribution >= 4 is 19.4 Å². The highest BCUT2D eigenvalue weighted by atomic mass is 31.2. The summed E-state index contributed by atoms with van der Waals surface area (Å²) in [5.41, 5.74) is 0.519. The number of aliphatic carboxylic acids is 1. The first kappa shape index (κ1) is 16.8. The van der Waals surface area contributed by atoms with E-state index < -0.39 is 13.8 Å². The maximum Gasteiger partial charge on any atom is 0.466 e. The van der Waals surface area contributed by atoms with E-state index >= 15 is 0 Å². The van der Waals surface area contributed by atoms with Gasteiger partial charge in [0.15, 0.2) is 0 Å². The summed E-state index contributed by atoms with van der Waals surface area (Å²) < 4.78 is 8.88. The minimum Gasteiger partial charge on any atom is -0.508 e. The summed E-state index contributed by atoms with van der Waals surface area (Å²) in [5.74, 6) is -1.10. The molecule has 0 atom stereocenters. The Bertz CT molecular complexity index is 544. The van der Waals surface area contributed by atoms with Crippen LogP contribution < -0.4 is 0 Å². The number of phenolic OH excluding ortho intramolecular Hbond substituents is 1. The standard InChI is InChI=1S/C10H7NO3.H3O4P/c11-6-8(5-10(13)14)7-1-3-9(12)4-2-7;1-5(2,3)4/h1-5,12H,(H,13,14);(H3,1,2,3,4). The van der Waals surface area contributed by atoms with Gasteiger partial charge in [-0.1, -0.05) is 0 Å². The van der Waals surface area contributed by atoms with Crippen molar-refractivity contribution in [2.75, 3.05) is 0 Å². The van der Waals surface area contributed by atoms with Gasteiger partial charge in [0, 0.05) is 6.08 Å². The molecule has 0 heterocycles. The molecule has 1 aromatic carbocycles. The first-order valence-corrected chi connectivity index (χ1v) is 6.12. The second kappa shape index (κ2) is 7.31. The van der Waals surface area contributed by atoms with Crippen LogP contribution in [0.15, 0.2) is 30.3 Å². The number of benzene rings is 1. The van der Waals surface area contributed by atoms with E-state index in [-0.39, 0.29) is 11.3 Å². The molecule has 8 nitrogen and oxygen atoms in total. The lowest BCUT2D eigenvalue weighted by Crippen LogP contribution is -1.90. The van der Waals surface area contributed by atoms with E-state index in [2.05, 4.69) is 0 Å². The third-order valence-corrected chi connectivity index (χ3v) is 1.57. The monoisotopic (exact) mass is 287 g/mol. The fourth-order valence-corrected chi connectivity index (χ4v) is 0.945. The van der Waals surface area contributed by atoms with E-state index in [0.29, 0.717) is 5.56 Å². The van der Waals surface area contributed by atoms with Gasteiger partial charge >= 0.3 is 13.8 Å². The third-order valence-electron chi connectivity index (χ3n) is 1.57. The minimum absolute atomic E-state index is 0.0532. The van der Waals surface area contributed by atoms with Crippen LogP contribution in [0.2, 0.25) is 0 Å². The van der Waals surface area contributed by atoms with Crippen LogP contribution in [0.5, 0.6) is 5.75 Å². The second-order valence-corrected chi connectivity index (χ2v) is 4.09. The molecule has 0 spiro atoms. The Morgan fingerprint density at radius 3 is 1.95 bits per heavy atom. The average Bonchev–Trinajstić information content (AvgIpc) is 2.24. The maximum absolute atomic E-state index is 10.3. The van der Waals surface area contributed by atoms with Gasteiger partial charge in [0.25, 0.3) is 0 Å². The minimum atomic E-state index is -4.64. The fourth-order valence-electron chi connectivity index (χ4n) is 0.945. The van der Waals surface area contributed by atoms with Crippen LogP contribution >= 0.6 is 7.82 Å². The first-order valence-electron chi connectivity index (χ1n) is 4.56. The van der Waals surface area contributed by atoms with Gasteiger partial charge in [0.2, 0.25) is 0 Å². The molecule has 0 saturated heterocycles. The van der Waals surface area contributed by atoms with E-state index in [9.17, 15) is 4.79 Å². The number of rotatable bonds is 2. The van der Waals surface area contributed by atoms with Crippen molar-refractivity contribution in [1.82, 2.24) is 0 Å². The number of carbonyl (C=O) groups is 1. The molecule has 0 amide bonds. The average molecular weight is 287 g/mol. The molecule has 0 fully saturated rings. The Labute approximate surface area is 107 Å². The number of nitriles is 1. The molecular weight excluding hydrogens is 277 g/mol. The highest BCUT2D eigenvalue weighted by Gasteiger charge is 2.02. The molecule has 0 bridgehead atoms. The molecule has 1 rings (SSSR count). The zero-order chi connectivity index (χ0) is 15.1. The smallest absolute Gasteiger partial charge is 0.466 e. The van der Waals surface area contributed by atoms with Crippen molar-refractivity contribution in [3.63, 3.8) is 0 Å². The van der Waals surface area contributed by atoms with Crippen molar-refractivity contribution in [2.24, 2.45) is 0 Å². The Morgan fingerprint density at radius 1 is 1.21 bits per heavy atom. The number of hydrogen-bond donors (Lipinski definition) is 5. The van der Waals surface area contributed by atoms with E-state index in [1.54, 1.807) is 6.07 Å². The Kier molecular flexibility index (Phi) is 6.47. The molecule has 0 aliphatic rings. The first-order chi connectivity index (χ1) is 8.63. The van der Waals surface area contributed by atoms with Crippen molar-refractivity contribution in [1.29, 1.82) is 5.26 Å². The van der Waals surface area contributed by atoms with Crippen LogP contribution in [0.25, 0.3) is 5.57 Å². The van der Waals surface area contributed by atoms with Crippen LogP contribution in [0, 0.1) is 11.3 Å². The summed E-state index contributed by atoms with van der Waals surface area (Å²) in [6.45, 7) is 0. The number of allylic oxidation sites excluding steroid dienone is 1. The summed E-state index contributed by atoms with van der Waals surface area (Å²) in [6.07, 6.45) is 0.826. The van der Waals surface area contributed by atoms with Gasteiger partial charge in [-0.25, -0.2) is 9.36 Å². The van der Waals surface area contributed by atoms with Gasteiger partial charge in [-0.2, -0.15) is 5.26 Å². The van der Waals surface area contributed by atoms with Crippen molar-refractivity contribution in [3.8, 4) is 11.8 Å². The van der Waals surface area contributed by atoms with E-state index in [4.69, 9.17) is 34.7 Å². The topological polar surface area (TPSA) is 159 Å².